The van der Waals surface area contributed by atoms with Crippen molar-refractivity contribution in [3.63, 3.8) is 0 Å². The second kappa shape index (κ2) is 39.4. The van der Waals surface area contributed by atoms with E-state index in [1.165, 1.54) is 19.3 Å². The summed E-state index contributed by atoms with van der Waals surface area (Å²) in [5, 5.41) is 0. The number of allylic oxidation sites excluding steroid dienone is 16. The molecule has 0 N–H and O–H groups in total. The van der Waals surface area contributed by atoms with Crippen LogP contribution in [0.4, 0.5) is 0 Å². The van der Waals surface area contributed by atoms with Gasteiger partial charge in [-0.15, -0.1) is 0 Å². The molecule has 0 aromatic rings. The Kier molecular flexibility index (Phi) is 37.3. The summed E-state index contributed by atoms with van der Waals surface area (Å²) in [4.78, 5) is 37.5. The lowest BCUT2D eigenvalue weighted by molar-refractivity contribution is -0.870. The third-order valence-electron chi connectivity index (χ3n) is 8.59. The molecule has 0 saturated heterocycles. The Bertz CT molecular complexity index is 1300. The van der Waals surface area contributed by atoms with Crippen LogP contribution in [0.15, 0.2) is 97.2 Å². The van der Waals surface area contributed by atoms with E-state index in [4.69, 9.17) is 18.5 Å². The monoisotopic (exact) mass is 830 g/mol. The zero-order valence-corrected chi connectivity index (χ0v) is 37.8. The van der Waals surface area contributed by atoms with Gasteiger partial charge in [0.25, 0.3) is 7.82 Å². The molecule has 0 aliphatic rings. The average Bonchev–Trinajstić information content (AvgIpc) is 3.17. The number of carbonyl (C=O) groups excluding carboxylic acids is 2. The first-order valence-corrected chi connectivity index (χ1v) is 23.4. The quantitative estimate of drug-likeness (QED) is 0.0199. The molecule has 0 aromatic heterocycles. The molecule has 1 unspecified atom stereocenters. The predicted octanol–water partition coefficient (Wildman–Crippen LogP) is 11.9. The Morgan fingerprint density at radius 3 is 1.47 bits per heavy atom. The molecule has 0 amide bonds. The van der Waals surface area contributed by atoms with E-state index in [-0.39, 0.29) is 26.1 Å². The first kappa shape index (κ1) is 54.9. The van der Waals surface area contributed by atoms with E-state index in [2.05, 4.69) is 111 Å². The van der Waals surface area contributed by atoms with Gasteiger partial charge >= 0.3 is 11.9 Å². The van der Waals surface area contributed by atoms with Gasteiger partial charge in [0.15, 0.2) is 6.10 Å². The highest BCUT2D eigenvalue weighted by Gasteiger charge is 2.21. The number of phosphoric acid groups is 1. The molecular weight excluding hydrogens is 750 g/mol. The van der Waals surface area contributed by atoms with Gasteiger partial charge < -0.3 is 27.9 Å². The molecule has 330 valence electrons. The summed E-state index contributed by atoms with van der Waals surface area (Å²) >= 11 is 0. The van der Waals surface area contributed by atoms with Crippen molar-refractivity contribution >= 4 is 19.8 Å². The second-order valence-electron chi connectivity index (χ2n) is 15.3. The summed E-state index contributed by atoms with van der Waals surface area (Å²) in [6, 6.07) is 0. The summed E-state index contributed by atoms with van der Waals surface area (Å²) in [5.41, 5.74) is 0. The smallest absolute Gasteiger partial charge is 0.306 e. The topological polar surface area (TPSA) is 111 Å². The Labute approximate surface area is 353 Å². The summed E-state index contributed by atoms with van der Waals surface area (Å²) < 4.78 is 33.8. The van der Waals surface area contributed by atoms with Crippen molar-refractivity contribution in [3.05, 3.63) is 97.2 Å². The fraction of sp³-hybridized carbons (Fsp3) is 0.625. The molecule has 10 heteroatoms. The number of nitrogens with zero attached hydrogens (tertiary/aromatic N) is 1. The maximum Gasteiger partial charge on any atom is 0.306 e. The van der Waals surface area contributed by atoms with Gasteiger partial charge in [-0.3, -0.25) is 14.2 Å². The Morgan fingerprint density at radius 2 is 0.983 bits per heavy atom. The highest BCUT2D eigenvalue weighted by Crippen LogP contribution is 2.38. The average molecular weight is 830 g/mol. The standard InChI is InChI=1S/C48H80NO8P/c1-6-8-10-12-14-16-18-20-22-23-24-25-27-28-30-32-34-36-38-40-47(50)54-44-46(45-56-58(52,53)55-43-42-49(3,4)5)57-48(51)41-39-37-35-33-31-29-26-21-19-17-15-13-11-9-7-2/h8,10,14-17,20-22,24-26,28,30-31,33,46H,6-7,9,11-13,18-19,23,27,29,32,34-45H2,1-5H3/b10-8+,16-14+,17-15+,22-20+,25-24+,26-21+,30-28+,33-31+/t46-/m1/s1. The maximum atomic E-state index is 12.7. The maximum absolute atomic E-state index is 12.7. The fourth-order valence-electron chi connectivity index (χ4n) is 5.16. The van der Waals surface area contributed by atoms with E-state index >= 15 is 0 Å². The number of esters is 2. The second-order valence-corrected chi connectivity index (χ2v) is 16.7. The molecule has 0 saturated carbocycles. The van der Waals surface area contributed by atoms with Crippen molar-refractivity contribution in [1.29, 1.82) is 0 Å². The van der Waals surface area contributed by atoms with Crippen LogP contribution in [-0.2, 0) is 32.7 Å². The van der Waals surface area contributed by atoms with E-state index in [0.717, 1.165) is 83.5 Å². The molecule has 0 aliphatic carbocycles. The van der Waals surface area contributed by atoms with E-state index < -0.39 is 32.5 Å². The number of ether oxygens (including phenoxy) is 2. The van der Waals surface area contributed by atoms with Crippen molar-refractivity contribution in [3.8, 4) is 0 Å². The lowest BCUT2D eigenvalue weighted by Crippen LogP contribution is -2.37. The minimum atomic E-state index is -4.65. The van der Waals surface area contributed by atoms with Gasteiger partial charge in [0.05, 0.1) is 27.7 Å². The van der Waals surface area contributed by atoms with E-state index in [1.807, 2.05) is 21.1 Å². The predicted molar refractivity (Wildman–Crippen MR) is 240 cm³/mol. The number of unbranched alkanes of at least 4 members (excludes halogenated alkanes) is 8. The summed E-state index contributed by atoms with van der Waals surface area (Å²) in [6.07, 6.45) is 51.5. The van der Waals surface area contributed by atoms with Gasteiger partial charge in [-0.05, 0) is 96.3 Å². The molecule has 0 spiro atoms. The van der Waals surface area contributed by atoms with Crippen LogP contribution in [-0.4, -0.2) is 70.0 Å². The third kappa shape index (κ3) is 42.5. The van der Waals surface area contributed by atoms with Crippen LogP contribution in [0.5, 0.6) is 0 Å². The summed E-state index contributed by atoms with van der Waals surface area (Å²) in [7, 11) is 1.10. The van der Waals surface area contributed by atoms with Crippen molar-refractivity contribution in [2.75, 3.05) is 47.5 Å². The van der Waals surface area contributed by atoms with Crippen molar-refractivity contribution in [1.82, 2.24) is 0 Å². The molecule has 0 radical (unpaired) electrons. The van der Waals surface area contributed by atoms with Gasteiger partial charge in [-0.2, -0.15) is 0 Å². The van der Waals surface area contributed by atoms with E-state index in [9.17, 15) is 19.0 Å². The molecular formula is C48H80NO8P. The molecule has 2 atom stereocenters. The van der Waals surface area contributed by atoms with Crippen molar-refractivity contribution < 1.29 is 42.1 Å². The number of hydrogen-bond acceptors (Lipinski definition) is 8. The molecule has 0 bridgehead atoms. The van der Waals surface area contributed by atoms with Gasteiger partial charge in [0, 0.05) is 12.8 Å². The van der Waals surface area contributed by atoms with Crippen LogP contribution in [0.25, 0.3) is 0 Å². The first-order chi connectivity index (χ1) is 28.0. The van der Waals surface area contributed by atoms with Crippen LogP contribution in [0.2, 0.25) is 0 Å². The summed E-state index contributed by atoms with van der Waals surface area (Å²) in [5.74, 6) is -0.929. The highest BCUT2D eigenvalue weighted by molar-refractivity contribution is 7.45. The lowest BCUT2D eigenvalue weighted by Gasteiger charge is -2.28. The number of quaternary nitrogens is 1. The van der Waals surface area contributed by atoms with Crippen molar-refractivity contribution in [2.24, 2.45) is 0 Å². The number of carbonyl (C=O) groups is 2. The van der Waals surface area contributed by atoms with Crippen LogP contribution in [0.1, 0.15) is 142 Å². The van der Waals surface area contributed by atoms with Crippen LogP contribution < -0.4 is 4.89 Å². The van der Waals surface area contributed by atoms with Crippen LogP contribution in [0, 0.1) is 0 Å². The van der Waals surface area contributed by atoms with Gasteiger partial charge in [0.1, 0.15) is 19.8 Å². The van der Waals surface area contributed by atoms with E-state index in [0.29, 0.717) is 23.9 Å². The minimum absolute atomic E-state index is 0.0495. The SMILES string of the molecule is CC/C=C/C/C=C/C/C=C/C/C=C/C/C=C/CCCCCC(=O)OC[C@H](COP(=O)([O-])OCC[N+](C)(C)C)OC(=O)CCCC/C=C/C/C=C/C/C=C/CCCCC. The van der Waals surface area contributed by atoms with Crippen LogP contribution >= 0.6 is 7.82 Å². The van der Waals surface area contributed by atoms with Crippen LogP contribution in [0.3, 0.4) is 0 Å². The molecule has 0 heterocycles. The number of hydrogen-bond donors (Lipinski definition) is 0. The molecule has 0 rings (SSSR count). The molecule has 0 aliphatic heterocycles. The van der Waals surface area contributed by atoms with Gasteiger partial charge in [-0.25, -0.2) is 0 Å². The first-order valence-electron chi connectivity index (χ1n) is 21.9. The third-order valence-corrected chi connectivity index (χ3v) is 9.55. The highest BCUT2D eigenvalue weighted by atomic mass is 31.2. The van der Waals surface area contributed by atoms with Gasteiger partial charge in [-0.1, -0.05) is 130 Å². The number of phosphoric ester groups is 1. The fourth-order valence-corrected chi connectivity index (χ4v) is 5.88. The minimum Gasteiger partial charge on any atom is -0.756 e. The Morgan fingerprint density at radius 1 is 0.552 bits per heavy atom. The van der Waals surface area contributed by atoms with Gasteiger partial charge in [0.2, 0.25) is 0 Å². The Balaban J connectivity index is 4.51. The largest absolute Gasteiger partial charge is 0.756 e. The number of rotatable bonds is 38. The van der Waals surface area contributed by atoms with E-state index in [1.54, 1.807) is 0 Å². The Hall–Kier alpha value is -3.07. The lowest BCUT2D eigenvalue weighted by atomic mass is 10.1. The zero-order chi connectivity index (χ0) is 42.8. The normalized spacial score (nSPS) is 14.5. The molecule has 58 heavy (non-hydrogen) atoms. The molecule has 0 aromatic carbocycles. The molecule has 0 fully saturated rings. The van der Waals surface area contributed by atoms with Crippen molar-refractivity contribution in [2.45, 2.75) is 148 Å². The molecule has 9 nitrogen and oxygen atoms in total. The zero-order valence-electron chi connectivity index (χ0n) is 36.9. The summed E-state index contributed by atoms with van der Waals surface area (Å²) in [6.45, 7) is 3.97. The number of likely N-dealkylation sites (N-methyl/N-ethyl adjacent to an activating group) is 1.